The van der Waals surface area contributed by atoms with Gasteiger partial charge in [0, 0.05) is 7.11 Å². The van der Waals surface area contributed by atoms with Gasteiger partial charge in [0.25, 0.3) is 6.92 Å². The van der Waals surface area contributed by atoms with E-state index in [1.165, 1.54) is 32.1 Å². The smallest absolute Gasteiger partial charge is 0.298 e. The molecular formula is C10H21BO. The molecule has 0 aliphatic heterocycles. The van der Waals surface area contributed by atoms with Crippen LogP contribution in [0.2, 0.25) is 11.6 Å². The fourth-order valence-corrected chi connectivity index (χ4v) is 2.41. The maximum absolute atomic E-state index is 5.59. The van der Waals surface area contributed by atoms with Crippen molar-refractivity contribution in [1.29, 1.82) is 0 Å². The van der Waals surface area contributed by atoms with E-state index >= 15 is 0 Å². The molecule has 0 aromatic carbocycles. The quantitative estimate of drug-likeness (QED) is 0.584. The second kappa shape index (κ2) is 4.91. The van der Waals surface area contributed by atoms with Crippen molar-refractivity contribution in [2.45, 2.75) is 57.6 Å². The molecule has 1 unspecified atom stereocenters. The van der Waals surface area contributed by atoms with Crippen molar-refractivity contribution in [3.8, 4) is 0 Å². The van der Waals surface area contributed by atoms with Gasteiger partial charge in [-0.05, 0) is 11.6 Å². The van der Waals surface area contributed by atoms with Crippen molar-refractivity contribution in [2.75, 3.05) is 7.11 Å². The molecule has 1 aliphatic carbocycles. The molecule has 2 heteroatoms. The zero-order chi connectivity index (χ0) is 8.97. The molecule has 0 bridgehead atoms. The van der Waals surface area contributed by atoms with Gasteiger partial charge in [-0.2, -0.15) is 0 Å². The molecule has 1 atom stereocenters. The summed E-state index contributed by atoms with van der Waals surface area (Å²) in [5.74, 6) is 1.59. The molecule has 0 radical (unpaired) electrons. The second-order valence-corrected chi connectivity index (χ2v) is 4.13. The molecule has 0 spiro atoms. The van der Waals surface area contributed by atoms with Gasteiger partial charge < -0.3 is 4.65 Å². The van der Waals surface area contributed by atoms with E-state index in [4.69, 9.17) is 4.65 Å². The summed E-state index contributed by atoms with van der Waals surface area (Å²) < 4.78 is 5.59. The molecule has 1 aliphatic rings. The molecule has 1 rings (SSSR count). The standard InChI is InChI=1S/C10H21BO/c1-4-9(2)11(12-3)10-7-5-6-8-10/h9-10H,4-8H2,1-3H3. The zero-order valence-corrected chi connectivity index (χ0v) is 8.68. The van der Waals surface area contributed by atoms with Gasteiger partial charge in [0.1, 0.15) is 0 Å². The number of rotatable bonds is 4. The van der Waals surface area contributed by atoms with E-state index in [0.717, 1.165) is 11.6 Å². The Morgan fingerprint density at radius 2 is 2.00 bits per heavy atom. The van der Waals surface area contributed by atoms with Crippen LogP contribution in [0.15, 0.2) is 0 Å². The summed E-state index contributed by atoms with van der Waals surface area (Å²) in [5, 5.41) is 0. The van der Waals surface area contributed by atoms with Crippen molar-refractivity contribution in [1.82, 2.24) is 0 Å². The third-order valence-electron chi connectivity index (χ3n) is 3.34. The summed E-state index contributed by atoms with van der Waals surface area (Å²) in [7, 11) is 1.87. The average molecular weight is 168 g/mol. The van der Waals surface area contributed by atoms with E-state index in [1.807, 2.05) is 7.11 Å². The van der Waals surface area contributed by atoms with Crippen molar-refractivity contribution in [3.63, 3.8) is 0 Å². The highest BCUT2D eigenvalue weighted by Gasteiger charge is 2.32. The Morgan fingerprint density at radius 1 is 1.42 bits per heavy atom. The Morgan fingerprint density at radius 3 is 2.42 bits per heavy atom. The Kier molecular flexibility index (Phi) is 4.13. The van der Waals surface area contributed by atoms with Gasteiger partial charge >= 0.3 is 0 Å². The van der Waals surface area contributed by atoms with E-state index in [-0.39, 0.29) is 0 Å². The Bertz CT molecular complexity index is 121. The van der Waals surface area contributed by atoms with Crippen molar-refractivity contribution >= 4 is 6.92 Å². The van der Waals surface area contributed by atoms with Crippen LogP contribution < -0.4 is 0 Å². The summed E-state index contributed by atoms with van der Waals surface area (Å²) >= 11 is 0. The molecule has 0 heterocycles. The van der Waals surface area contributed by atoms with Crippen LogP contribution >= 0.6 is 0 Å². The molecule has 0 aromatic rings. The molecule has 0 aromatic heterocycles. The van der Waals surface area contributed by atoms with Crippen molar-refractivity contribution in [2.24, 2.45) is 0 Å². The third-order valence-corrected chi connectivity index (χ3v) is 3.34. The summed E-state index contributed by atoms with van der Waals surface area (Å²) in [6, 6.07) is 0. The predicted molar refractivity (Wildman–Crippen MR) is 54.7 cm³/mol. The minimum absolute atomic E-state index is 0.525. The Hall–Kier alpha value is 0.0249. The summed E-state index contributed by atoms with van der Waals surface area (Å²) in [4.78, 5) is 0. The summed E-state index contributed by atoms with van der Waals surface area (Å²) in [6.07, 6.45) is 6.86. The predicted octanol–water partition coefficient (Wildman–Crippen LogP) is 3.37. The van der Waals surface area contributed by atoms with Gasteiger partial charge in [0.15, 0.2) is 0 Å². The lowest BCUT2D eigenvalue weighted by molar-refractivity contribution is 0.392. The monoisotopic (exact) mass is 168 g/mol. The Labute approximate surface area is 77.0 Å². The highest BCUT2D eigenvalue weighted by molar-refractivity contribution is 6.55. The maximum atomic E-state index is 5.59. The van der Waals surface area contributed by atoms with Crippen LogP contribution in [0.1, 0.15) is 46.0 Å². The molecule has 0 N–H and O–H groups in total. The minimum Gasteiger partial charge on any atom is -0.438 e. The molecule has 1 saturated carbocycles. The van der Waals surface area contributed by atoms with Crippen LogP contribution in [-0.4, -0.2) is 14.0 Å². The van der Waals surface area contributed by atoms with Crippen LogP contribution in [0.25, 0.3) is 0 Å². The Balaban J connectivity index is 2.42. The average Bonchev–Trinajstić information content (AvgIpc) is 2.58. The lowest BCUT2D eigenvalue weighted by atomic mass is 9.46. The molecule has 1 nitrogen and oxygen atoms in total. The molecular weight excluding hydrogens is 147 g/mol. The van der Waals surface area contributed by atoms with E-state index in [9.17, 15) is 0 Å². The van der Waals surface area contributed by atoms with Gasteiger partial charge in [-0.3, -0.25) is 0 Å². The van der Waals surface area contributed by atoms with Gasteiger partial charge in [0.05, 0.1) is 0 Å². The van der Waals surface area contributed by atoms with Crippen LogP contribution in [0.3, 0.4) is 0 Å². The first-order valence-corrected chi connectivity index (χ1v) is 5.32. The second-order valence-electron chi connectivity index (χ2n) is 4.13. The largest absolute Gasteiger partial charge is 0.438 e. The topological polar surface area (TPSA) is 9.23 Å². The van der Waals surface area contributed by atoms with Gasteiger partial charge in [-0.25, -0.2) is 0 Å². The van der Waals surface area contributed by atoms with Crippen LogP contribution in [0.4, 0.5) is 0 Å². The van der Waals surface area contributed by atoms with Crippen LogP contribution in [-0.2, 0) is 4.65 Å². The van der Waals surface area contributed by atoms with Crippen LogP contribution in [0, 0.1) is 0 Å². The highest BCUT2D eigenvalue weighted by Crippen LogP contribution is 2.37. The number of hydrogen-bond acceptors (Lipinski definition) is 1. The van der Waals surface area contributed by atoms with Gasteiger partial charge in [-0.15, -0.1) is 0 Å². The van der Waals surface area contributed by atoms with Crippen LogP contribution in [0.5, 0.6) is 0 Å². The van der Waals surface area contributed by atoms with Gasteiger partial charge in [-0.1, -0.05) is 46.0 Å². The van der Waals surface area contributed by atoms with Gasteiger partial charge in [0.2, 0.25) is 0 Å². The van der Waals surface area contributed by atoms with Crippen molar-refractivity contribution in [3.05, 3.63) is 0 Å². The fourth-order valence-electron chi connectivity index (χ4n) is 2.41. The normalized spacial score (nSPS) is 21.2. The van der Waals surface area contributed by atoms with E-state index < -0.39 is 0 Å². The maximum Gasteiger partial charge on any atom is 0.298 e. The third kappa shape index (κ3) is 2.26. The molecule has 70 valence electrons. The highest BCUT2D eigenvalue weighted by atomic mass is 16.4. The van der Waals surface area contributed by atoms with E-state index in [0.29, 0.717) is 6.92 Å². The number of hydrogen-bond donors (Lipinski definition) is 0. The zero-order valence-electron chi connectivity index (χ0n) is 8.68. The van der Waals surface area contributed by atoms with E-state index in [2.05, 4.69) is 13.8 Å². The SMILES string of the molecule is CCC(C)B(OC)C1CCCC1. The summed E-state index contributed by atoms with van der Waals surface area (Å²) in [6.45, 7) is 5.09. The van der Waals surface area contributed by atoms with E-state index in [1.54, 1.807) is 0 Å². The minimum atomic E-state index is 0.525. The lowest BCUT2D eigenvalue weighted by Gasteiger charge is -2.22. The lowest BCUT2D eigenvalue weighted by Crippen LogP contribution is -2.26. The first kappa shape index (κ1) is 10.1. The van der Waals surface area contributed by atoms with Crippen molar-refractivity contribution < 1.29 is 4.65 Å². The molecule has 0 saturated heterocycles. The fraction of sp³-hybridized carbons (Fsp3) is 1.00. The molecule has 0 amide bonds. The molecule has 12 heavy (non-hydrogen) atoms. The summed E-state index contributed by atoms with van der Waals surface area (Å²) in [5.41, 5.74) is 0. The first-order valence-electron chi connectivity index (χ1n) is 5.32. The first-order chi connectivity index (χ1) is 5.79. The molecule has 1 fully saturated rings.